The van der Waals surface area contributed by atoms with E-state index in [2.05, 4.69) is 29.6 Å². The highest BCUT2D eigenvalue weighted by Gasteiger charge is 2.46. The number of Topliss-reactive ketones (excluding diaryl/α,β-unsaturated/α-hetero) is 1. The summed E-state index contributed by atoms with van der Waals surface area (Å²) in [7, 11) is 0. The highest BCUT2D eigenvalue weighted by atomic mass is 32.2. The van der Waals surface area contributed by atoms with E-state index in [0.29, 0.717) is 42.8 Å². The monoisotopic (exact) mass is 504 g/mol. The first kappa shape index (κ1) is 25.8. The average molecular weight is 505 g/mol. The number of amides is 1. The molecule has 1 aromatic carbocycles. The second-order valence-corrected chi connectivity index (χ2v) is 10.9. The average Bonchev–Trinajstić information content (AvgIpc) is 3.49. The molecule has 1 aromatic rings. The van der Waals surface area contributed by atoms with Crippen molar-refractivity contribution in [2.24, 2.45) is 11.8 Å². The van der Waals surface area contributed by atoms with E-state index in [1.54, 1.807) is 11.8 Å². The molecule has 2 heterocycles. The smallest absolute Gasteiger partial charge is 0.241 e. The molecule has 6 nitrogen and oxygen atoms in total. The highest BCUT2D eigenvalue weighted by molar-refractivity contribution is 7.99. The van der Waals surface area contributed by atoms with Gasteiger partial charge in [-0.3, -0.25) is 9.59 Å². The third-order valence-corrected chi connectivity index (χ3v) is 8.65. The molecule has 4 rings (SSSR count). The lowest BCUT2D eigenvalue weighted by Crippen LogP contribution is -2.54. The normalized spacial score (nSPS) is 26.8. The Hall–Kier alpha value is -1.32. The summed E-state index contributed by atoms with van der Waals surface area (Å²) in [4.78, 5) is 29.4. The van der Waals surface area contributed by atoms with Crippen LogP contribution in [0.1, 0.15) is 44.2 Å². The van der Waals surface area contributed by atoms with E-state index < -0.39 is 18.2 Å². The van der Waals surface area contributed by atoms with E-state index in [1.807, 2.05) is 18.7 Å². The Kier molecular flexibility index (Phi) is 9.15. The van der Waals surface area contributed by atoms with Gasteiger partial charge in [-0.05, 0) is 56.6 Å². The van der Waals surface area contributed by atoms with E-state index in [9.17, 15) is 9.59 Å². The SMILES string of the molecule is CCOC(OCC)[C@@H]1CSCN1C(=O)[C@H]1NCC(=S)C1C(=O)CC[C@@H]1CCc2ccccc2C1. The Bertz CT molecular complexity index is 889. The Morgan fingerprint density at radius 1 is 1.21 bits per heavy atom. The molecule has 0 radical (unpaired) electrons. The quantitative estimate of drug-likeness (QED) is 0.387. The van der Waals surface area contributed by atoms with Crippen LogP contribution in [0.25, 0.3) is 0 Å². The van der Waals surface area contributed by atoms with Crippen LogP contribution in [-0.2, 0) is 31.9 Å². The minimum atomic E-state index is -0.586. The summed E-state index contributed by atoms with van der Waals surface area (Å²) in [6.07, 6.45) is 4.10. The molecule has 2 saturated heterocycles. The standard InChI is InChI=1S/C26H36N2O4S2/c1-3-31-26(32-4-2)20-15-34-16-28(20)25(30)24-23(22(33)14-27-24)21(29)12-10-17-9-11-18-7-5-6-8-19(18)13-17/h5-8,17,20,23-24,26-27H,3-4,9-16H2,1-2H3/t17-,20-,23?,24-/m0/s1. The predicted molar refractivity (Wildman–Crippen MR) is 139 cm³/mol. The van der Waals surface area contributed by atoms with E-state index in [4.69, 9.17) is 21.7 Å². The van der Waals surface area contributed by atoms with Crippen LogP contribution >= 0.6 is 24.0 Å². The number of hydrogen-bond donors (Lipinski definition) is 1. The van der Waals surface area contributed by atoms with Gasteiger partial charge in [0, 0.05) is 36.8 Å². The Balaban J connectivity index is 1.38. The summed E-state index contributed by atoms with van der Waals surface area (Å²) in [5.74, 6) is 1.35. The lowest BCUT2D eigenvalue weighted by Gasteiger charge is -2.33. The third kappa shape index (κ3) is 5.73. The van der Waals surface area contributed by atoms with E-state index >= 15 is 0 Å². The van der Waals surface area contributed by atoms with Gasteiger partial charge in [-0.15, -0.1) is 11.8 Å². The number of fused-ring (bicyclic) bond motifs is 1. The maximum atomic E-state index is 13.6. The number of ketones is 1. The lowest BCUT2D eigenvalue weighted by molar-refractivity contribution is -0.174. The van der Waals surface area contributed by atoms with Crippen molar-refractivity contribution in [1.82, 2.24) is 10.2 Å². The molecule has 1 amide bonds. The van der Waals surface area contributed by atoms with Gasteiger partial charge in [0.05, 0.1) is 17.8 Å². The lowest BCUT2D eigenvalue weighted by atomic mass is 9.80. The summed E-state index contributed by atoms with van der Waals surface area (Å²) < 4.78 is 11.6. The fourth-order valence-electron chi connectivity index (χ4n) is 5.43. The number of nitrogens with zero attached hydrogens (tertiary/aromatic N) is 1. The summed E-state index contributed by atoms with van der Waals surface area (Å²) >= 11 is 7.26. The number of ether oxygens (including phenoxy) is 2. The number of rotatable bonds is 10. The molecule has 0 aromatic heterocycles. The number of carbonyl (C=O) groups is 2. The van der Waals surface area contributed by atoms with Gasteiger partial charge < -0.3 is 19.7 Å². The van der Waals surface area contributed by atoms with Crippen LogP contribution in [0.3, 0.4) is 0 Å². The van der Waals surface area contributed by atoms with Crippen molar-refractivity contribution in [3.63, 3.8) is 0 Å². The third-order valence-electron chi connectivity index (χ3n) is 7.22. The summed E-state index contributed by atoms with van der Waals surface area (Å²) in [6.45, 7) is 5.33. The van der Waals surface area contributed by atoms with Gasteiger partial charge in [-0.1, -0.05) is 36.5 Å². The topological polar surface area (TPSA) is 67.9 Å². The Labute approximate surface area is 212 Å². The van der Waals surface area contributed by atoms with Crippen LogP contribution in [0.5, 0.6) is 0 Å². The molecule has 3 aliphatic rings. The minimum Gasteiger partial charge on any atom is -0.351 e. The van der Waals surface area contributed by atoms with Crippen LogP contribution in [-0.4, -0.2) is 71.2 Å². The van der Waals surface area contributed by atoms with Gasteiger partial charge in [0.2, 0.25) is 5.91 Å². The molecule has 8 heteroatoms. The molecular formula is C26H36N2O4S2. The zero-order chi connectivity index (χ0) is 24.1. The molecule has 1 unspecified atom stereocenters. The van der Waals surface area contributed by atoms with Gasteiger partial charge >= 0.3 is 0 Å². The van der Waals surface area contributed by atoms with Crippen molar-refractivity contribution < 1.29 is 19.1 Å². The van der Waals surface area contributed by atoms with Crippen LogP contribution < -0.4 is 5.32 Å². The van der Waals surface area contributed by atoms with Crippen molar-refractivity contribution in [3.8, 4) is 0 Å². The van der Waals surface area contributed by atoms with Gasteiger partial charge in [0.15, 0.2) is 6.29 Å². The predicted octanol–water partition coefficient (Wildman–Crippen LogP) is 3.40. The Morgan fingerprint density at radius 3 is 2.68 bits per heavy atom. The van der Waals surface area contributed by atoms with Crippen molar-refractivity contribution >= 4 is 40.5 Å². The number of aryl methyl sites for hydroxylation is 1. The first-order chi connectivity index (χ1) is 16.5. The van der Waals surface area contributed by atoms with Crippen LogP contribution in [0.2, 0.25) is 0 Å². The zero-order valence-electron chi connectivity index (χ0n) is 20.2. The number of thiocarbonyl (C=S) groups is 1. The molecule has 4 atom stereocenters. The number of carbonyl (C=O) groups excluding carboxylic acids is 2. The van der Waals surface area contributed by atoms with Gasteiger partial charge in [0.25, 0.3) is 0 Å². The minimum absolute atomic E-state index is 0.0656. The molecule has 1 N–H and O–H groups in total. The van der Waals surface area contributed by atoms with Crippen LogP contribution in [0.4, 0.5) is 0 Å². The molecule has 2 fully saturated rings. The molecular weight excluding hydrogens is 468 g/mol. The van der Waals surface area contributed by atoms with Crippen molar-refractivity contribution in [2.45, 2.75) is 64.3 Å². The van der Waals surface area contributed by atoms with E-state index in [-0.39, 0.29) is 17.7 Å². The van der Waals surface area contributed by atoms with Crippen molar-refractivity contribution in [3.05, 3.63) is 35.4 Å². The molecule has 0 spiro atoms. The second kappa shape index (κ2) is 12.1. The molecule has 0 saturated carbocycles. The maximum absolute atomic E-state index is 13.6. The number of thioether (sulfide) groups is 1. The summed E-state index contributed by atoms with van der Waals surface area (Å²) in [6, 6.07) is 7.86. The van der Waals surface area contributed by atoms with Crippen LogP contribution in [0.15, 0.2) is 24.3 Å². The molecule has 1 aliphatic carbocycles. The number of benzene rings is 1. The number of nitrogens with one attached hydrogen (secondary N) is 1. The molecule has 2 aliphatic heterocycles. The molecule has 34 heavy (non-hydrogen) atoms. The van der Waals surface area contributed by atoms with Crippen LogP contribution in [0, 0.1) is 11.8 Å². The van der Waals surface area contributed by atoms with Crippen molar-refractivity contribution in [1.29, 1.82) is 0 Å². The first-order valence-electron chi connectivity index (χ1n) is 12.5. The summed E-state index contributed by atoms with van der Waals surface area (Å²) in [5, 5.41) is 3.24. The largest absolute Gasteiger partial charge is 0.351 e. The van der Waals surface area contributed by atoms with Gasteiger partial charge in [0.1, 0.15) is 11.8 Å². The van der Waals surface area contributed by atoms with Gasteiger partial charge in [-0.2, -0.15) is 0 Å². The summed E-state index contributed by atoms with van der Waals surface area (Å²) in [5.41, 5.74) is 2.85. The molecule has 0 bridgehead atoms. The highest BCUT2D eigenvalue weighted by Crippen LogP contribution is 2.31. The van der Waals surface area contributed by atoms with Gasteiger partial charge in [-0.25, -0.2) is 0 Å². The maximum Gasteiger partial charge on any atom is 0.241 e. The molecule has 186 valence electrons. The van der Waals surface area contributed by atoms with E-state index in [0.717, 1.165) is 31.4 Å². The Morgan fingerprint density at radius 2 is 1.94 bits per heavy atom. The zero-order valence-corrected chi connectivity index (χ0v) is 21.8. The number of hydrogen-bond acceptors (Lipinski definition) is 7. The van der Waals surface area contributed by atoms with E-state index in [1.165, 1.54) is 11.1 Å². The first-order valence-corrected chi connectivity index (χ1v) is 14.1. The van der Waals surface area contributed by atoms with Crippen molar-refractivity contribution in [2.75, 3.05) is 31.4 Å². The fourth-order valence-corrected chi connectivity index (χ4v) is 6.98. The fraction of sp³-hybridized carbons (Fsp3) is 0.654. The second-order valence-electron chi connectivity index (χ2n) is 9.34.